The summed E-state index contributed by atoms with van der Waals surface area (Å²) in [6.45, 7) is 2.39. The first-order valence-electron chi connectivity index (χ1n) is 7.51. The lowest BCUT2D eigenvalue weighted by Gasteiger charge is -2.27. The average molecular weight is 350 g/mol. The van der Waals surface area contributed by atoms with Crippen LogP contribution in [0.3, 0.4) is 0 Å². The molecule has 1 aliphatic heterocycles. The van der Waals surface area contributed by atoms with E-state index in [1.54, 1.807) is 34.6 Å². The summed E-state index contributed by atoms with van der Waals surface area (Å²) in [5, 5.41) is 2.83. The van der Waals surface area contributed by atoms with E-state index in [1.165, 1.54) is 0 Å². The van der Waals surface area contributed by atoms with Crippen LogP contribution in [0.25, 0.3) is 10.6 Å². The molecule has 1 aromatic carbocycles. The van der Waals surface area contributed by atoms with E-state index in [4.69, 9.17) is 0 Å². The van der Waals surface area contributed by atoms with E-state index in [0.29, 0.717) is 18.5 Å². The largest absolute Gasteiger partial charge is 0.335 e. The number of thiazole rings is 1. The zero-order valence-electron chi connectivity index (χ0n) is 12.8. The molecule has 1 aromatic heterocycles. The van der Waals surface area contributed by atoms with Gasteiger partial charge in [0.15, 0.2) is 9.84 Å². The molecule has 23 heavy (non-hydrogen) atoms. The fraction of sp³-hybridized carbons (Fsp3) is 0.375. The predicted octanol–water partition coefficient (Wildman–Crippen LogP) is 2.46. The van der Waals surface area contributed by atoms with E-state index in [2.05, 4.69) is 4.98 Å². The van der Waals surface area contributed by atoms with Crippen LogP contribution in [0.4, 0.5) is 0 Å². The number of aromatic nitrogens is 1. The molecule has 5 nitrogen and oxygen atoms in total. The molecular formula is C16H18N2O3S2. The number of hydrogen-bond acceptors (Lipinski definition) is 5. The van der Waals surface area contributed by atoms with Gasteiger partial charge in [-0.05, 0) is 25.5 Å². The minimum atomic E-state index is -3.00. The lowest BCUT2D eigenvalue weighted by molar-refractivity contribution is 0.0708. The Labute approximate surface area is 139 Å². The van der Waals surface area contributed by atoms with Gasteiger partial charge < -0.3 is 4.90 Å². The van der Waals surface area contributed by atoms with Gasteiger partial charge in [0.25, 0.3) is 5.91 Å². The Morgan fingerprint density at radius 2 is 2.09 bits per heavy atom. The fourth-order valence-electron chi connectivity index (χ4n) is 2.88. The molecule has 122 valence electrons. The van der Waals surface area contributed by atoms with Crippen molar-refractivity contribution >= 4 is 27.1 Å². The molecule has 3 rings (SSSR count). The Morgan fingerprint density at radius 1 is 1.35 bits per heavy atom. The third kappa shape index (κ3) is 3.45. The lowest BCUT2D eigenvalue weighted by atomic mass is 10.1. The first-order valence-corrected chi connectivity index (χ1v) is 10.2. The van der Waals surface area contributed by atoms with Crippen LogP contribution >= 0.6 is 11.3 Å². The summed E-state index contributed by atoms with van der Waals surface area (Å²) < 4.78 is 23.3. The summed E-state index contributed by atoms with van der Waals surface area (Å²) in [6, 6.07) is 7.11. The van der Waals surface area contributed by atoms with E-state index >= 15 is 0 Å². The van der Waals surface area contributed by atoms with Crippen LogP contribution in [-0.4, -0.2) is 48.3 Å². The summed E-state index contributed by atoms with van der Waals surface area (Å²) in [7, 11) is -3.00. The Balaban J connectivity index is 1.78. The standard InChI is InChI=1S/C16H18N2O3S2/c1-2-18(14-7-10-23(20,21)11-14)16(19)13-5-3-12(4-6-13)15-17-8-9-22-15/h3-6,8-9,14H,2,7,10-11H2,1H3/t14-/m0/s1. The van der Waals surface area contributed by atoms with Gasteiger partial charge in [-0.1, -0.05) is 12.1 Å². The zero-order chi connectivity index (χ0) is 16.4. The number of hydrogen-bond donors (Lipinski definition) is 0. The predicted molar refractivity (Wildman–Crippen MR) is 91.3 cm³/mol. The second-order valence-corrected chi connectivity index (χ2v) is 8.69. The Hall–Kier alpha value is -1.73. The van der Waals surface area contributed by atoms with Crippen LogP contribution in [0.2, 0.25) is 0 Å². The van der Waals surface area contributed by atoms with Gasteiger partial charge in [-0.25, -0.2) is 13.4 Å². The van der Waals surface area contributed by atoms with Crippen molar-refractivity contribution in [2.75, 3.05) is 18.1 Å². The smallest absolute Gasteiger partial charge is 0.254 e. The molecule has 0 saturated carbocycles. The Kier molecular flexibility index (Phi) is 4.50. The van der Waals surface area contributed by atoms with Crippen LogP contribution in [-0.2, 0) is 9.84 Å². The number of sulfone groups is 1. The number of carbonyl (C=O) groups is 1. The third-order valence-corrected chi connectivity index (χ3v) is 6.63. The third-order valence-electron chi connectivity index (χ3n) is 4.06. The molecule has 7 heteroatoms. The van der Waals surface area contributed by atoms with Crippen molar-refractivity contribution in [2.24, 2.45) is 0 Å². The number of amides is 1. The van der Waals surface area contributed by atoms with Crippen molar-refractivity contribution in [3.05, 3.63) is 41.4 Å². The summed E-state index contributed by atoms with van der Waals surface area (Å²) in [5.41, 5.74) is 1.56. The number of carbonyl (C=O) groups excluding carboxylic acids is 1. The second kappa shape index (κ2) is 6.41. The van der Waals surface area contributed by atoms with E-state index in [-0.39, 0.29) is 23.5 Å². The van der Waals surface area contributed by atoms with Gasteiger partial charge in [0.05, 0.1) is 11.5 Å². The van der Waals surface area contributed by atoms with Gasteiger partial charge in [0.2, 0.25) is 0 Å². The van der Waals surface area contributed by atoms with Crippen molar-refractivity contribution in [1.29, 1.82) is 0 Å². The first-order chi connectivity index (χ1) is 11.0. The molecule has 0 N–H and O–H groups in total. The van der Waals surface area contributed by atoms with Gasteiger partial charge in [-0.2, -0.15) is 0 Å². The van der Waals surface area contributed by atoms with Gasteiger partial charge in [0.1, 0.15) is 5.01 Å². The first kappa shape index (κ1) is 16.1. The van der Waals surface area contributed by atoms with Crippen molar-refractivity contribution in [3.8, 4) is 10.6 Å². The SMILES string of the molecule is CCN(C(=O)c1ccc(-c2nccs2)cc1)[C@H]1CCS(=O)(=O)C1. The van der Waals surface area contributed by atoms with Crippen molar-refractivity contribution in [3.63, 3.8) is 0 Å². The highest BCUT2D eigenvalue weighted by molar-refractivity contribution is 7.91. The topological polar surface area (TPSA) is 67.3 Å². The zero-order valence-corrected chi connectivity index (χ0v) is 14.4. The lowest BCUT2D eigenvalue weighted by Crippen LogP contribution is -2.40. The highest BCUT2D eigenvalue weighted by Crippen LogP contribution is 2.24. The van der Waals surface area contributed by atoms with Crippen LogP contribution in [0.15, 0.2) is 35.8 Å². The van der Waals surface area contributed by atoms with Crippen molar-refractivity contribution in [2.45, 2.75) is 19.4 Å². The molecule has 1 amide bonds. The van der Waals surface area contributed by atoms with Gasteiger partial charge in [0, 0.05) is 35.3 Å². The molecule has 0 aliphatic carbocycles. The van der Waals surface area contributed by atoms with E-state index in [9.17, 15) is 13.2 Å². The van der Waals surface area contributed by atoms with Crippen LogP contribution in [0, 0.1) is 0 Å². The number of benzene rings is 1. The minimum Gasteiger partial charge on any atom is -0.335 e. The maximum Gasteiger partial charge on any atom is 0.254 e. The van der Waals surface area contributed by atoms with Crippen LogP contribution in [0.5, 0.6) is 0 Å². The highest BCUT2D eigenvalue weighted by Gasteiger charge is 2.34. The van der Waals surface area contributed by atoms with Crippen molar-refractivity contribution < 1.29 is 13.2 Å². The van der Waals surface area contributed by atoms with Crippen LogP contribution in [0.1, 0.15) is 23.7 Å². The second-order valence-electron chi connectivity index (χ2n) is 5.56. The van der Waals surface area contributed by atoms with E-state index in [0.717, 1.165) is 10.6 Å². The summed E-state index contributed by atoms with van der Waals surface area (Å²) in [6.07, 6.45) is 2.28. The average Bonchev–Trinajstić information content (AvgIpc) is 3.18. The molecule has 0 unspecified atom stereocenters. The summed E-state index contributed by atoms with van der Waals surface area (Å²) >= 11 is 1.55. The van der Waals surface area contributed by atoms with Crippen LogP contribution < -0.4 is 0 Å². The monoisotopic (exact) mass is 350 g/mol. The Morgan fingerprint density at radius 3 is 2.61 bits per heavy atom. The van der Waals surface area contributed by atoms with Crippen molar-refractivity contribution in [1.82, 2.24) is 9.88 Å². The van der Waals surface area contributed by atoms with E-state index in [1.807, 2.05) is 24.4 Å². The molecule has 0 spiro atoms. The van der Waals surface area contributed by atoms with Gasteiger partial charge >= 0.3 is 0 Å². The summed E-state index contributed by atoms with van der Waals surface area (Å²) in [5.74, 6) is 0.133. The quantitative estimate of drug-likeness (QED) is 0.849. The molecule has 0 radical (unpaired) electrons. The maximum atomic E-state index is 12.7. The molecule has 1 fully saturated rings. The number of nitrogens with zero attached hydrogens (tertiary/aromatic N) is 2. The number of rotatable bonds is 4. The molecule has 0 bridgehead atoms. The van der Waals surface area contributed by atoms with E-state index < -0.39 is 9.84 Å². The van der Waals surface area contributed by atoms with Gasteiger partial charge in [-0.15, -0.1) is 11.3 Å². The maximum absolute atomic E-state index is 12.7. The molecule has 1 atom stereocenters. The minimum absolute atomic E-state index is 0.0732. The molecule has 2 aromatic rings. The molecular weight excluding hydrogens is 332 g/mol. The Bertz CT molecular complexity index is 783. The molecule has 1 aliphatic rings. The fourth-order valence-corrected chi connectivity index (χ4v) is 5.25. The summed E-state index contributed by atoms with van der Waals surface area (Å²) in [4.78, 5) is 18.6. The van der Waals surface area contributed by atoms with Gasteiger partial charge in [-0.3, -0.25) is 4.79 Å². The molecule has 2 heterocycles. The highest BCUT2D eigenvalue weighted by atomic mass is 32.2. The molecule has 1 saturated heterocycles. The normalized spacial score (nSPS) is 19.6.